The van der Waals surface area contributed by atoms with Crippen LogP contribution in [0.2, 0.25) is 4.34 Å². The normalized spacial score (nSPS) is 21.2. The summed E-state index contributed by atoms with van der Waals surface area (Å²) in [5.74, 6) is -0.580. The topological polar surface area (TPSA) is 90.5 Å². The molecule has 1 aliphatic carbocycles. The molecular formula is C21H23ClN4O3S. The number of thiophene rings is 1. The molecule has 2 aliphatic rings. The van der Waals surface area contributed by atoms with E-state index in [1.807, 2.05) is 12.1 Å². The van der Waals surface area contributed by atoms with Crippen LogP contribution in [-0.4, -0.2) is 37.0 Å². The molecule has 2 fully saturated rings. The number of carbonyl (C=O) groups excluding carboxylic acids is 3. The summed E-state index contributed by atoms with van der Waals surface area (Å²) in [5, 5.41) is 8.75. The van der Waals surface area contributed by atoms with Crippen molar-refractivity contribution in [2.24, 2.45) is 5.92 Å². The molecule has 30 heavy (non-hydrogen) atoms. The van der Waals surface area contributed by atoms with E-state index in [2.05, 4.69) is 16.0 Å². The summed E-state index contributed by atoms with van der Waals surface area (Å²) >= 11 is 7.13. The molecule has 1 saturated carbocycles. The molecule has 9 heteroatoms. The Morgan fingerprint density at radius 3 is 2.60 bits per heavy atom. The maximum atomic E-state index is 12.8. The number of hydrogen-bond donors (Lipinski definition) is 3. The molecule has 2 heterocycles. The second-order valence-electron chi connectivity index (χ2n) is 7.49. The quantitative estimate of drug-likeness (QED) is 0.651. The number of amides is 4. The molecular weight excluding hydrogens is 424 g/mol. The molecule has 0 spiro atoms. The van der Waals surface area contributed by atoms with Gasteiger partial charge in [0.1, 0.15) is 0 Å². The lowest BCUT2D eigenvalue weighted by Crippen LogP contribution is -2.46. The van der Waals surface area contributed by atoms with E-state index in [1.54, 1.807) is 29.2 Å². The molecule has 1 aromatic carbocycles. The van der Waals surface area contributed by atoms with Crippen molar-refractivity contribution < 1.29 is 14.4 Å². The Balaban J connectivity index is 1.36. The highest BCUT2D eigenvalue weighted by Crippen LogP contribution is 2.29. The first-order chi connectivity index (χ1) is 14.5. The van der Waals surface area contributed by atoms with Crippen molar-refractivity contribution in [2.75, 3.05) is 23.3 Å². The van der Waals surface area contributed by atoms with Crippen LogP contribution in [0.5, 0.6) is 0 Å². The second kappa shape index (κ2) is 9.06. The molecule has 0 unspecified atom stereocenters. The zero-order chi connectivity index (χ0) is 21.1. The number of nitrogens with zero attached hydrogens (tertiary/aromatic N) is 1. The third kappa shape index (κ3) is 4.60. The molecule has 2 atom stereocenters. The number of nitrogens with one attached hydrogen (secondary N) is 3. The number of hydrogen-bond acceptors (Lipinski definition) is 4. The first kappa shape index (κ1) is 20.7. The predicted molar refractivity (Wildman–Crippen MR) is 118 cm³/mol. The van der Waals surface area contributed by atoms with E-state index in [0.717, 1.165) is 31.4 Å². The van der Waals surface area contributed by atoms with Crippen molar-refractivity contribution >= 4 is 52.2 Å². The minimum atomic E-state index is -0.281. The molecule has 1 aliphatic heterocycles. The van der Waals surface area contributed by atoms with Gasteiger partial charge in [-0.3, -0.25) is 14.5 Å². The van der Waals surface area contributed by atoms with Gasteiger partial charge < -0.3 is 16.0 Å². The van der Waals surface area contributed by atoms with Crippen molar-refractivity contribution in [3.05, 3.63) is 45.6 Å². The van der Waals surface area contributed by atoms with E-state index < -0.39 is 0 Å². The fraction of sp³-hybridized carbons (Fsp3) is 0.381. The van der Waals surface area contributed by atoms with E-state index in [1.165, 1.54) is 11.3 Å². The lowest BCUT2D eigenvalue weighted by Gasteiger charge is -2.27. The largest absolute Gasteiger partial charge is 0.348 e. The van der Waals surface area contributed by atoms with Crippen LogP contribution in [0.1, 0.15) is 35.4 Å². The standard InChI is InChI=1S/C21H23ClN4O3S/c22-18-10-9-17(30-18)20(28)25-16-4-1-3-15(16)19(27)24-13-5-7-14(8-6-13)26-12-2-11-23-21(26)29/h5-10,15-16H,1-4,11-12H2,(H,23,29)(H,24,27)(H,25,28)/t15-,16+/m0/s1. The van der Waals surface area contributed by atoms with Gasteiger partial charge in [-0.05, 0) is 55.7 Å². The Morgan fingerprint density at radius 1 is 1.10 bits per heavy atom. The Hall–Kier alpha value is -2.58. The SMILES string of the molecule is O=C(N[C@@H]1CCC[C@@H]1C(=O)Nc1ccc(N2CCCNC2=O)cc1)c1ccc(Cl)s1. The molecule has 3 N–H and O–H groups in total. The van der Waals surface area contributed by atoms with Gasteiger partial charge in [0.2, 0.25) is 5.91 Å². The highest BCUT2D eigenvalue weighted by atomic mass is 35.5. The fourth-order valence-electron chi connectivity index (χ4n) is 3.96. The number of carbonyl (C=O) groups is 3. The van der Waals surface area contributed by atoms with Gasteiger partial charge in [0, 0.05) is 30.5 Å². The summed E-state index contributed by atoms with van der Waals surface area (Å²) in [5.41, 5.74) is 1.47. The molecule has 4 rings (SSSR count). The van der Waals surface area contributed by atoms with E-state index in [4.69, 9.17) is 11.6 Å². The maximum absolute atomic E-state index is 12.8. The highest BCUT2D eigenvalue weighted by molar-refractivity contribution is 7.18. The van der Waals surface area contributed by atoms with Crippen LogP contribution in [-0.2, 0) is 4.79 Å². The van der Waals surface area contributed by atoms with Crippen LogP contribution in [0.15, 0.2) is 36.4 Å². The minimum Gasteiger partial charge on any atom is -0.348 e. The van der Waals surface area contributed by atoms with Crippen molar-refractivity contribution in [1.82, 2.24) is 10.6 Å². The van der Waals surface area contributed by atoms with Crippen molar-refractivity contribution in [3.63, 3.8) is 0 Å². The van der Waals surface area contributed by atoms with Crippen LogP contribution >= 0.6 is 22.9 Å². The summed E-state index contributed by atoms with van der Waals surface area (Å²) in [6.45, 7) is 1.37. The number of benzene rings is 1. The molecule has 4 amide bonds. The van der Waals surface area contributed by atoms with Crippen molar-refractivity contribution in [3.8, 4) is 0 Å². The Labute approximate surface area is 183 Å². The Bertz CT molecular complexity index is 946. The van der Waals surface area contributed by atoms with E-state index in [-0.39, 0.29) is 29.8 Å². The van der Waals surface area contributed by atoms with Crippen molar-refractivity contribution in [1.29, 1.82) is 0 Å². The average Bonchev–Trinajstić information content (AvgIpc) is 3.38. The predicted octanol–water partition coefficient (Wildman–Crippen LogP) is 3.86. The summed E-state index contributed by atoms with van der Waals surface area (Å²) in [7, 11) is 0. The van der Waals surface area contributed by atoms with Crippen LogP contribution in [0, 0.1) is 5.92 Å². The number of halogens is 1. The van der Waals surface area contributed by atoms with E-state index in [0.29, 0.717) is 28.0 Å². The third-order valence-electron chi connectivity index (χ3n) is 5.49. The number of rotatable bonds is 5. The second-order valence-corrected chi connectivity index (χ2v) is 9.21. The molecule has 1 aromatic heterocycles. The van der Waals surface area contributed by atoms with Crippen LogP contribution in [0.4, 0.5) is 16.2 Å². The highest BCUT2D eigenvalue weighted by Gasteiger charge is 2.34. The number of urea groups is 1. The first-order valence-corrected chi connectivity index (χ1v) is 11.2. The zero-order valence-electron chi connectivity index (χ0n) is 16.3. The van der Waals surface area contributed by atoms with Gasteiger partial charge in [-0.15, -0.1) is 11.3 Å². The average molecular weight is 447 g/mol. The maximum Gasteiger partial charge on any atom is 0.321 e. The molecule has 0 radical (unpaired) electrons. The van der Waals surface area contributed by atoms with Gasteiger partial charge in [0.05, 0.1) is 15.1 Å². The smallest absolute Gasteiger partial charge is 0.321 e. The van der Waals surface area contributed by atoms with Gasteiger partial charge in [0.25, 0.3) is 5.91 Å². The van der Waals surface area contributed by atoms with Gasteiger partial charge in [-0.2, -0.15) is 0 Å². The summed E-state index contributed by atoms with van der Waals surface area (Å²) in [4.78, 5) is 39.5. The minimum absolute atomic E-state index is 0.102. The van der Waals surface area contributed by atoms with Crippen LogP contribution in [0.3, 0.4) is 0 Å². The summed E-state index contributed by atoms with van der Waals surface area (Å²) < 4.78 is 0.561. The lowest BCUT2D eigenvalue weighted by molar-refractivity contribution is -0.120. The molecule has 2 aromatic rings. The number of anilines is 2. The van der Waals surface area contributed by atoms with Crippen LogP contribution < -0.4 is 20.9 Å². The third-order valence-corrected chi connectivity index (χ3v) is 6.72. The van der Waals surface area contributed by atoms with Gasteiger partial charge in [0.15, 0.2) is 0 Å². The summed E-state index contributed by atoms with van der Waals surface area (Å²) in [6.07, 6.45) is 3.29. The van der Waals surface area contributed by atoms with E-state index >= 15 is 0 Å². The molecule has 7 nitrogen and oxygen atoms in total. The summed E-state index contributed by atoms with van der Waals surface area (Å²) in [6, 6.07) is 10.3. The van der Waals surface area contributed by atoms with Gasteiger partial charge >= 0.3 is 6.03 Å². The van der Waals surface area contributed by atoms with Crippen LogP contribution in [0.25, 0.3) is 0 Å². The monoisotopic (exact) mass is 446 g/mol. The molecule has 0 bridgehead atoms. The Kier molecular flexibility index (Phi) is 6.24. The molecule has 1 saturated heterocycles. The Morgan fingerprint density at radius 2 is 1.90 bits per heavy atom. The van der Waals surface area contributed by atoms with Gasteiger partial charge in [-0.25, -0.2) is 4.79 Å². The zero-order valence-corrected chi connectivity index (χ0v) is 17.9. The lowest BCUT2D eigenvalue weighted by atomic mass is 10.0. The van der Waals surface area contributed by atoms with E-state index in [9.17, 15) is 14.4 Å². The fourth-order valence-corrected chi connectivity index (χ4v) is 4.90. The van der Waals surface area contributed by atoms with Crippen molar-refractivity contribution in [2.45, 2.75) is 31.7 Å². The molecule has 158 valence electrons. The first-order valence-electron chi connectivity index (χ1n) is 10.0. The van der Waals surface area contributed by atoms with Gasteiger partial charge in [-0.1, -0.05) is 18.0 Å².